The highest BCUT2D eigenvalue weighted by Crippen LogP contribution is 2.60. The molecule has 2 fully saturated rings. The fourth-order valence-electron chi connectivity index (χ4n) is 4.27. The number of carbonyl (C=O) groups excluding carboxylic acids is 1. The van der Waals surface area contributed by atoms with Gasteiger partial charge < -0.3 is 0 Å². The van der Waals surface area contributed by atoms with E-state index in [1.165, 1.54) is 25.7 Å². The van der Waals surface area contributed by atoms with Crippen LogP contribution in [-0.4, -0.2) is 5.78 Å². The summed E-state index contributed by atoms with van der Waals surface area (Å²) < 4.78 is 0. The molecule has 0 aromatic rings. The lowest BCUT2D eigenvalue weighted by Gasteiger charge is -2.38. The van der Waals surface area contributed by atoms with Crippen LogP contribution in [0.3, 0.4) is 0 Å². The van der Waals surface area contributed by atoms with Crippen molar-refractivity contribution < 1.29 is 4.79 Å². The number of Topliss-reactive ketones (excluding diaryl/α,β-unsaturated/α-hetero) is 1. The Balaban J connectivity index is 1.83. The number of fused-ring (bicyclic) bond motifs is 2. The fraction of sp³-hybridized carbons (Fsp3) is 0.933. The molecule has 0 aromatic carbocycles. The Morgan fingerprint density at radius 3 is 2.62 bits per heavy atom. The van der Waals surface area contributed by atoms with E-state index in [0.29, 0.717) is 11.2 Å². The van der Waals surface area contributed by atoms with Crippen LogP contribution in [0.5, 0.6) is 0 Å². The average molecular weight is 222 g/mol. The van der Waals surface area contributed by atoms with Crippen LogP contribution in [0.25, 0.3) is 0 Å². The molecular formula is C15H26O. The topological polar surface area (TPSA) is 17.1 Å². The molecule has 2 bridgehead atoms. The molecule has 3 unspecified atom stereocenters. The summed E-state index contributed by atoms with van der Waals surface area (Å²) in [7, 11) is 0. The van der Waals surface area contributed by atoms with Gasteiger partial charge in [0.25, 0.3) is 0 Å². The second-order valence-corrected chi connectivity index (χ2v) is 6.48. The number of hydrogen-bond acceptors (Lipinski definition) is 1. The second kappa shape index (κ2) is 4.50. The average Bonchev–Trinajstić information content (AvgIpc) is 2.79. The minimum absolute atomic E-state index is 0.445. The van der Waals surface area contributed by atoms with Crippen LogP contribution in [0.1, 0.15) is 65.7 Å². The van der Waals surface area contributed by atoms with Crippen LogP contribution in [0.4, 0.5) is 0 Å². The van der Waals surface area contributed by atoms with Gasteiger partial charge in [0, 0.05) is 12.8 Å². The summed E-state index contributed by atoms with van der Waals surface area (Å²) in [6.07, 6.45) is 8.35. The summed E-state index contributed by atoms with van der Waals surface area (Å²) in [5.74, 6) is 3.30. The summed E-state index contributed by atoms with van der Waals surface area (Å²) in [6.45, 7) is 6.90. The first-order valence-electron chi connectivity index (χ1n) is 7.07. The summed E-state index contributed by atoms with van der Waals surface area (Å²) in [5.41, 5.74) is 0.554. The zero-order valence-electron chi connectivity index (χ0n) is 11.1. The van der Waals surface area contributed by atoms with Gasteiger partial charge in [-0.25, -0.2) is 0 Å². The maximum atomic E-state index is 11.3. The Labute approximate surface area is 100.0 Å². The molecular weight excluding hydrogens is 196 g/mol. The van der Waals surface area contributed by atoms with Crippen molar-refractivity contribution in [3.8, 4) is 0 Å². The van der Waals surface area contributed by atoms with Crippen LogP contribution in [0, 0.1) is 23.2 Å². The third-order valence-electron chi connectivity index (χ3n) is 5.42. The molecule has 0 N–H and O–H groups in total. The van der Waals surface area contributed by atoms with Gasteiger partial charge in [-0.2, -0.15) is 0 Å². The molecule has 2 aliphatic rings. The molecule has 3 atom stereocenters. The molecule has 2 aliphatic carbocycles. The molecule has 2 rings (SSSR count). The van der Waals surface area contributed by atoms with Crippen molar-refractivity contribution >= 4 is 5.78 Å². The van der Waals surface area contributed by atoms with Crippen molar-refractivity contribution in [3.05, 3.63) is 0 Å². The first kappa shape index (κ1) is 12.1. The predicted molar refractivity (Wildman–Crippen MR) is 67.3 cm³/mol. The third kappa shape index (κ3) is 2.06. The molecule has 92 valence electrons. The van der Waals surface area contributed by atoms with Gasteiger partial charge in [0.1, 0.15) is 5.78 Å². The van der Waals surface area contributed by atoms with E-state index in [9.17, 15) is 4.79 Å². The lowest BCUT2D eigenvalue weighted by molar-refractivity contribution is -0.119. The quantitative estimate of drug-likeness (QED) is 0.681. The normalized spacial score (nSPS) is 35.6. The number of hydrogen-bond donors (Lipinski definition) is 0. The van der Waals surface area contributed by atoms with Crippen molar-refractivity contribution in [1.29, 1.82) is 0 Å². The Morgan fingerprint density at radius 1 is 1.31 bits per heavy atom. The first-order chi connectivity index (χ1) is 7.55. The van der Waals surface area contributed by atoms with Gasteiger partial charge in [-0.15, -0.1) is 0 Å². The van der Waals surface area contributed by atoms with Crippen molar-refractivity contribution in [3.63, 3.8) is 0 Å². The highest BCUT2D eigenvalue weighted by molar-refractivity contribution is 5.77. The van der Waals surface area contributed by atoms with Crippen molar-refractivity contribution in [1.82, 2.24) is 0 Å². The van der Waals surface area contributed by atoms with Gasteiger partial charge in [0.05, 0.1) is 0 Å². The van der Waals surface area contributed by atoms with Crippen LogP contribution in [0.15, 0.2) is 0 Å². The van der Waals surface area contributed by atoms with E-state index in [-0.39, 0.29) is 0 Å². The zero-order valence-corrected chi connectivity index (χ0v) is 11.1. The molecule has 0 heterocycles. The molecule has 0 saturated heterocycles. The highest BCUT2D eigenvalue weighted by atomic mass is 16.1. The Hall–Kier alpha value is -0.330. The largest absolute Gasteiger partial charge is 0.300 e. The monoisotopic (exact) mass is 222 g/mol. The zero-order chi connectivity index (χ0) is 11.8. The molecule has 1 heteroatoms. The van der Waals surface area contributed by atoms with Crippen LogP contribution >= 0.6 is 0 Å². The summed E-state index contributed by atoms with van der Waals surface area (Å²) in [4.78, 5) is 11.3. The molecule has 1 nitrogen and oxygen atoms in total. The van der Waals surface area contributed by atoms with Gasteiger partial charge in [-0.3, -0.25) is 4.79 Å². The summed E-state index contributed by atoms with van der Waals surface area (Å²) in [6, 6.07) is 0. The molecule has 2 saturated carbocycles. The van der Waals surface area contributed by atoms with E-state index in [1.54, 1.807) is 0 Å². The SMILES string of the molecule is CCC(=O)CCCC1C2CCC(C2)C1(C)C. The summed E-state index contributed by atoms with van der Waals surface area (Å²) in [5, 5.41) is 0. The van der Waals surface area contributed by atoms with Gasteiger partial charge >= 0.3 is 0 Å². The van der Waals surface area contributed by atoms with Crippen molar-refractivity contribution in [2.24, 2.45) is 23.2 Å². The van der Waals surface area contributed by atoms with E-state index in [0.717, 1.165) is 37.0 Å². The molecule has 0 radical (unpaired) electrons. The third-order valence-corrected chi connectivity index (χ3v) is 5.42. The van der Waals surface area contributed by atoms with Crippen LogP contribution in [-0.2, 0) is 4.79 Å². The van der Waals surface area contributed by atoms with E-state index >= 15 is 0 Å². The summed E-state index contributed by atoms with van der Waals surface area (Å²) >= 11 is 0. The standard InChI is InChI=1S/C15H26O/c1-4-13(16)6-5-7-14-11-8-9-12(10-11)15(14,2)3/h11-12,14H,4-10H2,1-3H3. The van der Waals surface area contributed by atoms with E-state index in [1.807, 2.05) is 6.92 Å². The second-order valence-electron chi connectivity index (χ2n) is 6.48. The van der Waals surface area contributed by atoms with Gasteiger partial charge in [0.2, 0.25) is 0 Å². The Bertz CT molecular complexity index is 267. The number of ketones is 1. The lowest BCUT2D eigenvalue weighted by Crippen LogP contribution is -2.30. The van der Waals surface area contributed by atoms with E-state index < -0.39 is 0 Å². The molecule has 0 spiro atoms. The predicted octanol–water partition coefficient (Wildman–Crippen LogP) is 4.21. The first-order valence-corrected chi connectivity index (χ1v) is 7.07. The van der Waals surface area contributed by atoms with E-state index in [2.05, 4.69) is 13.8 Å². The molecule has 0 aliphatic heterocycles. The van der Waals surface area contributed by atoms with E-state index in [4.69, 9.17) is 0 Å². The smallest absolute Gasteiger partial charge is 0.132 e. The maximum Gasteiger partial charge on any atom is 0.132 e. The Kier molecular flexibility index (Phi) is 3.42. The van der Waals surface area contributed by atoms with Gasteiger partial charge in [-0.05, 0) is 55.3 Å². The maximum absolute atomic E-state index is 11.3. The number of carbonyl (C=O) groups is 1. The van der Waals surface area contributed by atoms with Gasteiger partial charge in [0.15, 0.2) is 0 Å². The van der Waals surface area contributed by atoms with Crippen molar-refractivity contribution in [2.45, 2.75) is 65.7 Å². The number of rotatable bonds is 5. The minimum atomic E-state index is 0.445. The molecule has 16 heavy (non-hydrogen) atoms. The van der Waals surface area contributed by atoms with Crippen molar-refractivity contribution in [2.75, 3.05) is 0 Å². The molecule has 0 amide bonds. The fourth-order valence-corrected chi connectivity index (χ4v) is 4.27. The minimum Gasteiger partial charge on any atom is -0.300 e. The lowest BCUT2D eigenvalue weighted by atomic mass is 9.67. The highest BCUT2D eigenvalue weighted by Gasteiger charge is 2.51. The Morgan fingerprint density at radius 2 is 2.06 bits per heavy atom. The van der Waals surface area contributed by atoms with Gasteiger partial charge in [-0.1, -0.05) is 20.8 Å². The molecule has 0 aromatic heterocycles. The van der Waals surface area contributed by atoms with Crippen LogP contribution in [0.2, 0.25) is 0 Å². The van der Waals surface area contributed by atoms with Crippen LogP contribution < -0.4 is 0 Å².